The lowest BCUT2D eigenvalue weighted by atomic mass is 10.2. The highest BCUT2D eigenvalue weighted by molar-refractivity contribution is 7.07. The maximum absolute atomic E-state index is 10.3. The van der Waals surface area contributed by atoms with E-state index in [1.165, 1.54) is 11.3 Å². The average Bonchev–Trinajstić information content (AvgIpc) is 2.34. The van der Waals surface area contributed by atoms with Gasteiger partial charge in [0, 0.05) is 18.2 Å². The summed E-state index contributed by atoms with van der Waals surface area (Å²) in [4.78, 5) is 14.2. The summed E-state index contributed by atoms with van der Waals surface area (Å²) in [6, 6.07) is 0. The molecule has 4 heteroatoms. The first-order chi connectivity index (χ1) is 4.79. The van der Waals surface area contributed by atoms with Gasteiger partial charge in [-0.25, -0.2) is 4.98 Å². The van der Waals surface area contributed by atoms with E-state index < -0.39 is 0 Å². The maximum atomic E-state index is 10.3. The van der Waals surface area contributed by atoms with Gasteiger partial charge in [-0.3, -0.25) is 4.79 Å². The molecule has 10 heavy (non-hydrogen) atoms. The number of amides is 1. The third-order valence-corrected chi connectivity index (χ3v) is 1.57. The lowest BCUT2D eigenvalue weighted by Gasteiger charge is -1.89. The van der Waals surface area contributed by atoms with Crippen LogP contribution in [0.4, 0.5) is 0 Å². The second kappa shape index (κ2) is 3.31. The van der Waals surface area contributed by atoms with E-state index >= 15 is 0 Å². The molecule has 1 heterocycles. The van der Waals surface area contributed by atoms with Gasteiger partial charge < -0.3 is 5.73 Å². The summed E-state index contributed by atoms with van der Waals surface area (Å²) >= 11 is 1.50. The number of primary amides is 1. The van der Waals surface area contributed by atoms with Gasteiger partial charge >= 0.3 is 0 Å². The van der Waals surface area contributed by atoms with Crippen molar-refractivity contribution >= 4 is 17.2 Å². The Hall–Kier alpha value is -0.900. The van der Waals surface area contributed by atoms with E-state index in [2.05, 4.69) is 4.98 Å². The Kier molecular flexibility index (Phi) is 2.39. The number of carbonyl (C=O) groups is 1. The number of nitrogens with two attached hydrogens (primary N) is 1. The Morgan fingerprint density at radius 3 is 3.20 bits per heavy atom. The fourth-order valence-corrected chi connectivity index (χ4v) is 1.07. The van der Waals surface area contributed by atoms with Crippen LogP contribution in [0, 0.1) is 6.42 Å². The lowest BCUT2D eigenvalue weighted by Crippen LogP contribution is -2.10. The largest absolute Gasteiger partial charge is 0.370 e. The molecule has 1 amide bonds. The molecule has 0 atom stereocenters. The van der Waals surface area contributed by atoms with Gasteiger partial charge in [0.1, 0.15) is 0 Å². The molecule has 0 saturated carbocycles. The number of rotatable bonds is 3. The summed E-state index contributed by atoms with van der Waals surface area (Å²) in [5.41, 5.74) is 7.45. The third-order valence-electron chi connectivity index (χ3n) is 0.964. The quantitative estimate of drug-likeness (QED) is 0.693. The monoisotopic (exact) mass is 155 g/mol. The molecule has 1 radical (unpaired) electrons. The Balaban J connectivity index is 2.35. The fraction of sp³-hybridized carbons (Fsp3) is 0.167. The molecular weight excluding hydrogens is 148 g/mol. The van der Waals surface area contributed by atoms with Crippen LogP contribution in [-0.4, -0.2) is 10.9 Å². The van der Waals surface area contributed by atoms with E-state index in [0.717, 1.165) is 5.69 Å². The van der Waals surface area contributed by atoms with Crippen molar-refractivity contribution in [2.45, 2.75) is 6.42 Å². The molecule has 0 aliphatic carbocycles. The molecule has 1 rings (SSSR count). The molecule has 0 spiro atoms. The first-order valence-electron chi connectivity index (χ1n) is 2.79. The number of hydrogen-bond donors (Lipinski definition) is 1. The Morgan fingerprint density at radius 2 is 2.70 bits per heavy atom. The maximum Gasteiger partial charge on any atom is 0.218 e. The van der Waals surface area contributed by atoms with Crippen LogP contribution in [0.1, 0.15) is 12.1 Å². The van der Waals surface area contributed by atoms with E-state index in [1.807, 2.05) is 5.38 Å². The van der Waals surface area contributed by atoms with Crippen molar-refractivity contribution in [3.63, 3.8) is 0 Å². The van der Waals surface area contributed by atoms with E-state index in [9.17, 15) is 4.79 Å². The van der Waals surface area contributed by atoms with Gasteiger partial charge in [-0.1, -0.05) is 0 Å². The standard InChI is InChI=1S/C6H7N2OS/c7-6(9)2-1-5-3-10-4-8-5/h1,3-4H,2H2,(H2,7,9). The lowest BCUT2D eigenvalue weighted by molar-refractivity contribution is -0.117. The molecule has 0 saturated heterocycles. The van der Waals surface area contributed by atoms with Crippen molar-refractivity contribution in [3.05, 3.63) is 23.0 Å². The van der Waals surface area contributed by atoms with Crippen LogP contribution in [0.5, 0.6) is 0 Å². The molecule has 1 aromatic rings. The molecule has 2 N–H and O–H groups in total. The van der Waals surface area contributed by atoms with Gasteiger partial charge in [-0.05, 0) is 0 Å². The molecule has 0 aliphatic rings. The summed E-state index contributed by atoms with van der Waals surface area (Å²) in [5.74, 6) is -0.326. The van der Waals surface area contributed by atoms with E-state index in [0.29, 0.717) is 0 Å². The number of nitrogens with zero attached hydrogens (tertiary/aromatic N) is 1. The van der Waals surface area contributed by atoms with Crippen molar-refractivity contribution in [1.82, 2.24) is 4.98 Å². The van der Waals surface area contributed by atoms with Crippen molar-refractivity contribution in [2.75, 3.05) is 0 Å². The molecular formula is C6H7N2OS. The van der Waals surface area contributed by atoms with Gasteiger partial charge in [0.25, 0.3) is 0 Å². The van der Waals surface area contributed by atoms with Gasteiger partial charge in [-0.15, -0.1) is 11.3 Å². The van der Waals surface area contributed by atoms with Crippen molar-refractivity contribution in [2.24, 2.45) is 5.73 Å². The molecule has 53 valence electrons. The van der Waals surface area contributed by atoms with Crippen molar-refractivity contribution in [1.29, 1.82) is 0 Å². The topological polar surface area (TPSA) is 56.0 Å². The highest BCUT2D eigenvalue weighted by Gasteiger charge is 1.97. The Labute approximate surface area is 62.9 Å². The van der Waals surface area contributed by atoms with Gasteiger partial charge in [0.15, 0.2) is 0 Å². The van der Waals surface area contributed by atoms with E-state index in [-0.39, 0.29) is 12.3 Å². The van der Waals surface area contributed by atoms with Crippen LogP contribution >= 0.6 is 11.3 Å². The zero-order valence-corrected chi connectivity index (χ0v) is 6.10. The summed E-state index contributed by atoms with van der Waals surface area (Å²) in [5, 5.41) is 1.86. The zero-order valence-electron chi connectivity index (χ0n) is 5.28. The van der Waals surface area contributed by atoms with Crippen molar-refractivity contribution in [3.8, 4) is 0 Å². The van der Waals surface area contributed by atoms with Crippen LogP contribution in [0.2, 0.25) is 0 Å². The van der Waals surface area contributed by atoms with Crippen LogP contribution in [-0.2, 0) is 4.79 Å². The highest BCUT2D eigenvalue weighted by Crippen LogP contribution is 2.04. The Morgan fingerprint density at radius 1 is 1.90 bits per heavy atom. The van der Waals surface area contributed by atoms with Crippen LogP contribution in [0.25, 0.3) is 0 Å². The second-order valence-corrected chi connectivity index (χ2v) is 2.51. The Bertz CT molecular complexity index is 208. The minimum atomic E-state index is -0.326. The molecule has 0 aromatic carbocycles. The molecule has 0 fully saturated rings. The number of hydrogen-bond acceptors (Lipinski definition) is 3. The van der Waals surface area contributed by atoms with Crippen LogP contribution in [0.15, 0.2) is 10.9 Å². The minimum Gasteiger partial charge on any atom is -0.370 e. The third kappa shape index (κ3) is 2.14. The fourth-order valence-electron chi connectivity index (χ4n) is 0.528. The highest BCUT2D eigenvalue weighted by atomic mass is 32.1. The number of aromatic nitrogens is 1. The summed E-state index contributed by atoms with van der Waals surface area (Å²) in [6.45, 7) is 0. The van der Waals surface area contributed by atoms with E-state index in [4.69, 9.17) is 5.73 Å². The molecule has 0 aliphatic heterocycles. The van der Waals surface area contributed by atoms with Crippen LogP contribution < -0.4 is 5.73 Å². The number of thiazole rings is 1. The minimum absolute atomic E-state index is 0.268. The number of carbonyl (C=O) groups excluding carboxylic acids is 1. The van der Waals surface area contributed by atoms with Crippen molar-refractivity contribution < 1.29 is 4.79 Å². The van der Waals surface area contributed by atoms with Crippen LogP contribution in [0.3, 0.4) is 0 Å². The average molecular weight is 155 g/mol. The van der Waals surface area contributed by atoms with Gasteiger partial charge in [0.05, 0.1) is 11.2 Å². The molecule has 3 nitrogen and oxygen atoms in total. The predicted molar refractivity (Wildman–Crippen MR) is 39.3 cm³/mol. The molecule has 0 bridgehead atoms. The summed E-state index contributed by atoms with van der Waals surface area (Å²) < 4.78 is 0. The first-order valence-corrected chi connectivity index (χ1v) is 3.73. The normalized spacial score (nSPS) is 9.60. The second-order valence-electron chi connectivity index (χ2n) is 1.79. The molecule has 0 unspecified atom stereocenters. The van der Waals surface area contributed by atoms with Gasteiger partial charge in [-0.2, -0.15) is 0 Å². The summed E-state index contributed by atoms with van der Waals surface area (Å²) in [6.07, 6.45) is 1.97. The first kappa shape index (κ1) is 7.21. The van der Waals surface area contributed by atoms with E-state index in [1.54, 1.807) is 11.9 Å². The smallest absolute Gasteiger partial charge is 0.218 e. The zero-order chi connectivity index (χ0) is 7.40. The SMILES string of the molecule is NC(=O)C[CH]c1cscn1. The predicted octanol–water partition coefficient (Wildman–Crippen LogP) is 0.571. The molecule has 1 aromatic heterocycles. The summed E-state index contributed by atoms with van der Waals surface area (Å²) in [7, 11) is 0. The van der Waals surface area contributed by atoms with Gasteiger partial charge in [0.2, 0.25) is 5.91 Å².